The predicted octanol–water partition coefficient (Wildman–Crippen LogP) is 5.74. The Labute approximate surface area is 238 Å². The van der Waals surface area contributed by atoms with Crippen molar-refractivity contribution in [1.29, 1.82) is 0 Å². The number of fused-ring (bicyclic) bond motifs is 1. The number of carbonyl (C=O) groups excluding carboxylic acids is 1. The average molecular weight is 565 g/mol. The fourth-order valence-corrected chi connectivity index (χ4v) is 5.90. The summed E-state index contributed by atoms with van der Waals surface area (Å²) in [5, 5.41) is 2.83. The third-order valence-corrected chi connectivity index (χ3v) is 8.78. The topological polar surface area (TPSA) is 84.9 Å². The lowest BCUT2D eigenvalue weighted by Crippen LogP contribution is -2.51. The summed E-state index contributed by atoms with van der Waals surface area (Å²) in [6.45, 7) is 14.9. The van der Waals surface area contributed by atoms with Gasteiger partial charge in [-0.3, -0.25) is 9.10 Å². The van der Waals surface area contributed by atoms with Gasteiger partial charge >= 0.3 is 0 Å². The molecule has 0 unspecified atom stereocenters. The van der Waals surface area contributed by atoms with E-state index in [2.05, 4.69) is 46.9 Å². The Kier molecular flexibility index (Phi) is 8.22. The fourth-order valence-electron chi connectivity index (χ4n) is 4.43. The van der Waals surface area contributed by atoms with Crippen LogP contribution >= 0.6 is 0 Å². The van der Waals surface area contributed by atoms with Gasteiger partial charge in [-0.25, -0.2) is 8.42 Å². The van der Waals surface area contributed by atoms with E-state index in [1.165, 1.54) is 9.87 Å². The first-order valence-electron chi connectivity index (χ1n) is 13.6. The Hall–Kier alpha value is -3.52. The first kappa shape index (κ1) is 29.5. The molecule has 1 atom stereocenters. The zero-order valence-corrected chi connectivity index (χ0v) is 25.3. The van der Waals surface area contributed by atoms with Crippen molar-refractivity contribution >= 4 is 21.6 Å². The van der Waals surface area contributed by atoms with Crippen LogP contribution in [0, 0.1) is 6.92 Å². The molecule has 7 nitrogen and oxygen atoms in total. The van der Waals surface area contributed by atoms with Crippen LogP contribution in [0.2, 0.25) is 0 Å². The van der Waals surface area contributed by atoms with Gasteiger partial charge in [-0.1, -0.05) is 77.4 Å². The molecule has 1 N–H and O–H groups in total. The number of carbonyl (C=O) groups is 1. The van der Waals surface area contributed by atoms with E-state index in [1.54, 1.807) is 30.3 Å². The molecule has 0 spiro atoms. The van der Waals surface area contributed by atoms with Gasteiger partial charge in [0.15, 0.2) is 6.10 Å². The second kappa shape index (κ2) is 11.2. The largest absolute Gasteiger partial charge is 0.492 e. The van der Waals surface area contributed by atoms with Crippen molar-refractivity contribution in [1.82, 2.24) is 5.32 Å². The third-order valence-electron chi connectivity index (χ3n) is 6.99. The van der Waals surface area contributed by atoms with Crippen LogP contribution in [0.15, 0.2) is 71.6 Å². The molecule has 0 radical (unpaired) electrons. The van der Waals surface area contributed by atoms with E-state index in [0.717, 1.165) is 16.9 Å². The summed E-state index contributed by atoms with van der Waals surface area (Å²) in [5.41, 5.74) is 3.42. The van der Waals surface area contributed by atoms with Crippen molar-refractivity contribution < 1.29 is 22.7 Å². The molecule has 0 saturated carbocycles. The Morgan fingerprint density at radius 1 is 0.925 bits per heavy atom. The quantitative estimate of drug-likeness (QED) is 0.370. The summed E-state index contributed by atoms with van der Waals surface area (Å²) in [6.07, 6.45) is -1.01. The number of nitrogens with one attached hydrogen (secondary N) is 1. The standard InChI is InChI=1S/C32H40N2O5S/c1-22-8-15-26(16-9-22)40(36,37)34-21-29(39-28-17-12-24(20-27(28)34)32(5,6)7)30(35)33-18-19-38-25-13-10-23(11-14-25)31(2,3)4/h8-17,20,29H,18-19,21H2,1-7H3,(H,33,35)/t29-/m1/s1. The number of aryl methyl sites for hydroxylation is 1. The Balaban J connectivity index is 1.49. The van der Waals surface area contributed by atoms with Crippen LogP contribution < -0.4 is 19.1 Å². The van der Waals surface area contributed by atoms with Crippen molar-refractivity contribution in [2.75, 3.05) is 24.0 Å². The summed E-state index contributed by atoms with van der Waals surface area (Å²) in [4.78, 5) is 13.3. The second-order valence-corrected chi connectivity index (χ2v) is 14.2. The van der Waals surface area contributed by atoms with Crippen molar-refractivity contribution in [3.05, 3.63) is 83.4 Å². The molecule has 1 aliphatic heterocycles. The SMILES string of the molecule is Cc1ccc(S(=O)(=O)N2C[C@H](C(=O)NCCOc3ccc(C(C)(C)C)cc3)Oc3ccc(C(C)(C)C)cc32)cc1. The predicted molar refractivity (Wildman–Crippen MR) is 159 cm³/mol. The molecule has 214 valence electrons. The van der Waals surface area contributed by atoms with Crippen LogP contribution in [0.3, 0.4) is 0 Å². The van der Waals surface area contributed by atoms with Crippen LogP contribution in [0.1, 0.15) is 58.2 Å². The Morgan fingerprint density at radius 2 is 1.52 bits per heavy atom. The lowest BCUT2D eigenvalue weighted by Gasteiger charge is -2.36. The van der Waals surface area contributed by atoms with E-state index in [4.69, 9.17) is 9.47 Å². The average Bonchev–Trinajstić information content (AvgIpc) is 2.89. The van der Waals surface area contributed by atoms with Crippen LogP contribution in [-0.4, -0.2) is 40.1 Å². The number of hydrogen-bond donors (Lipinski definition) is 1. The third kappa shape index (κ3) is 6.61. The minimum atomic E-state index is -3.95. The van der Waals surface area contributed by atoms with Gasteiger partial charge in [0.25, 0.3) is 15.9 Å². The first-order valence-corrected chi connectivity index (χ1v) is 15.0. The molecule has 8 heteroatoms. The van der Waals surface area contributed by atoms with Gasteiger partial charge < -0.3 is 14.8 Å². The van der Waals surface area contributed by atoms with Gasteiger partial charge in [0, 0.05) is 0 Å². The van der Waals surface area contributed by atoms with Crippen LogP contribution in [0.5, 0.6) is 11.5 Å². The molecule has 0 fully saturated rings. The van der Waals surface area contributed by atoms with E-state index in [9.17, 15) is 13.2 Å². The lowest BCUT2D eigenvalue weighted by atomic mass is 9.86. The maximum Gasteiger partial charge on any atom is 0.264 e. The Bertz CT molecular complexity index is 1450. The number of ether oxygens (including phenoxy) is 2. The minimum absolute atomic E-state index is 0.0558. The zero-order valence-electron chi connectivity index (χ0n) is 24.4. The molecule has 4 rings (SSSR count). The van der Waals surface area contributed by atoms with E-state index in [0.29, 0.717) is 11.4 Å². The van der Waals surface area contributed by atoms with Crippen molar-refractivity contribution in [3.8, 4) is 11.5 Å². The molecule has 40 heavy (non-hydrogen) atoms. The van der Waals surface area contributed by atoms with Crippen LogP contribution in [0.4, 0.5) is 5.69 Å². The van der Waals surface area contributed by atoms with E-state index in [-0.39, 0.29) is 35.4 Å². The van der Waals surface area contributed by atoms with Gasteiger partial charge in [-0.05, 0) is 65.3 Å². The fraction of sp³-hybridized carbons (Fsp3) is 0.406. The highest BCUT2D eigenvalue weighted by Crippen LogP contribution is 2.40. The lowest BCUT2D eigenvalue weighted by molar-refractivity contribution is -0.127. The molecule has 3 aromatic rings. The van der Waals surface area contributed by atoms with E-state index >= 15 is 0 Å². The number of rotatable bonds is 7. The first-order chi connectivity index (χ1) is 18.7. The summed E-state index contributed by atoms with van der Waals surface area (Å²) < 4.78 is 40.8. The normalized spacial score (nSPS) is 15.7. The molecule has 1 heterocycles. The summed E-state index contributed by atoms with van der Waals surface area (Å²) in [5.74, 6) is 0.668. The summed E-state index contributed by atoms with van der Waals surface area (Å²) in [6, 6.07) is 20.1. The highest BCUT2D eigenvalue weighted by molar-refractivity contribution is 7.92. The second-order valence-electron chi connectivity index (χ2n) is 12.3. The highest BCUT2D eigenvalue weighted by atomic mass is 32.2. The molecular weight excluding hydrogens is 524 g/mol. The van der Waals surface area contributed by atoms with Gasteiger partial charge in [0.2, 0.25) is 0 Å². The maximum absolute atomic E-state index is 13.8. The maximum atomic E-state index is 13.8. The Morgan fingerprint density at radius 3 is 2.12 bits per heavy atom. The van der Waals surface area contributed by atoms with E-state index in [1.807, 2.05) is 43.3 Å². The molecule has 3 aromatic carbocycles. The number of amides is 1. The number of sulfonamides is 1. The zero-order chi connectivity index (χ0) is 29.3. The monoisotopic (exact) mass is 564 g/mol. The molecular formula is C32H40N2O5S. The molecule has 0 aromatic heterocycles. The highest BCUT2D eigenvalue weighted by Gasteiger charge is 2.38. The van der Waals surface area contributed by atoms with Crippen molar-refractivity contribution in [2.24, 2.45) is 0 Å². The molecule has 0 saturated heterocycles. The van der Waals surface area contributed by atoms with Gasteiger partial charge in [-0.15, -0.1) is 0 Å². The van der Waals surface area contributed by atoms with Gasteiger partial charge in [0.1, 0.15) is 18.1 Å². The van der Waals surface area contributed by atoms with Crippen LogP contribution in [-0.2, 0) is 25.6 Å². The summed E-state index contributed by atoms with van der Waals surface area (Å²) in [7, 11) is -3.95. The molecule has 1 aliphatic rings. The molecule has 0 aliphatic carbocycles. The van der Waals surface area contributed by atoms with Crippen molar-refractivity contribution in [2.45, 2.75) is 70.3 Å². The van der Waals surface area contributed by atoms with Gasteiger partial charge in [-0.2, -0.15) is 0 Å². The molecule has 1 amide bonds. The van der Waals surface area contributed by atoms with Crippen LogP contribution in [0.25, 0.3) is 0 Å². The summed E-state index contributed by atoms with van der Waals surface area (Å²) >= 11 is 0. The van der Waals surface area contributed by atoms with Crippen molar-refractivity contribution in [3.63, 3.8) is 0 Å². The molecule has 0 bridgehead atoms. The minimum Gasteiger partial charge on any atom is -0.492 e. The number of anilines is 1. The van der Waals surface area contributed by atoms with Gasteiger partial charge in [0.05, 0.1) is 23.7 Å². The number of hydrogen-bond acceptors (Lipinski definition) is 5. The smallest absolute Gasteiger partial charge is 0.264 e. The number of benzene rings is 3. The van der Waals surface area contributed by atoms with E-state index < -0.39 is 22.0 Å². The number of nitrogens with zero attached hydrogens (tertiary/aromatic N) is 1.